The minimum atomic E-state index is -0.836. The molecule has 1 fully saturated rings. The summed E-state index contributed by atoms with van der Waals surface area (Å²) in [5.74, 6) is -0.504. The fourth-order valence-corrected chi connectivity index (χ4v) is 3.12. The summed E-state index contributed by atoms with van der Waals surface area (Å²) < 4.78 is 0. The molecule has 0 aromatic carbocycles. The minimum Gasteiger partial charge on any atom is -0.481 e. The Hall–Kier alpha value is -1.26. The molecule has 0 radical (unpaired) electrons. The molecule has 122 valence electrons. The molecular formula is C16H30N2O3. The van der Waals surface area contributed by atoms with Gasteiger partial charge >= 0.3 is 12.0 Å². The monoisotopic (exact) mass is 298 g/mol. The summed E-state index contributed by atoms with van der Waals surface area (Å²) in [6.45, 7) is 4.37. The third kappa shape index (κ3) is 6.82. The maximum atomic E-state index is 11.8. The van der Waals surface area contributed by atoms with Crippen LogP contribution in [0.25, 0.3) is 0 Å². The minimum absolute atomic E-state index is 0.209. The summed E-state index contributed by atoms with van der Waals surface area (Å²) in [5, 5.41) is 14.7. The van der Waals surface area contributed by atoms with E-state index in [0.29, 0.717) is 6.42 Å². The van der Waals surface area contributed by atoms with Gasteiger partial charge in [0.2, 0.25) is 0 Å². The van der Waals surface area contributed by atoms with Gasteiger partial charge < -0.3 is 15.7 Å². The number of aliphatic carboxylic acids is 1. The summed E-state index contributed by atoms with van der Waals surface area (Å²) in [6.07, 6.45) is 8.37. The van der Waals surface area contributed by atoms with E-state index in [1.54, 1.807) is 0 Å². The third-order valence-electron chi connectivity index (χ3n) is 4.37. The van der Waals surface area contributed by atoms with Gasteiger partial charge in [0.05, 0.1) is 5.92 Å². The van der Waals surface area contributed by atoms with Crippen LogP contribution >= 0.6 is 0 Å². The highest BCUT2D eigenvalue weighted by atomic mass is 16.4. The summed E-state index contributed by atoms with van der Waals surface area (Å²) in [4.78, 5) is 22.9. The predicted octanol–water partition coefficient (Wildman–Crippen LogP) is 3.15. The number of carboxylic acids is 1. The lowest BCUT2D eigenvalue weighted by Gasteiger charge is -2.29. The average molecular weight is 298 g/mol. The molecule has 21 heavy (non-hydrogen) atoms. The van der Waals surface area contributed by atoms with Crippen LogP contribution in [-0.2, 0) is 4.79 Å². The van der Waals surface area contributed by atoms with E-state index in [1.165, 1.54) is 25.7 Å². The van der Waals surface area contributed by atoms with Crippen molar-refractivity contribution >= 4 is 12.0 Å². The standard InChI is InChI=1S/C16H30N2O3/c1-3-5-12-7-9-14(10-8-12)18-16(21)17-11-13(6-4-2)15(19)20/h12-14H,3-11H2,1-2H3,(H,19,20)(H2,17,18,21). The van der Waals surface area contributed by atoms with Gasteiger partial charge in [-0.15, -0.1) is 0 Å². The molecule has 5 nitrogen and oxygen atoms in total. The van der Waals surface area contributed by atoms with Crippen molar-refractivity contribution in [2.75, 3.05) is 6.54 Å². The Balaban J connectivity index is 2.23. The Kier molecular flexibility index (Phi) is 8.16. The molecule has 0 bridgehead atoms. The van der Waals surface area contributed by atoms with Crippen molar-refractivity contribution in [2.45, 2.75) is 71.3 Å². The van der Waals surface area contributed by atoms with E-state index in [9.17, 15) is 9.59 Å². The number of nitrogens with one attached hydrogen (secondary N) is 2. The molecular weight excluding hydrogens is 268 g/mol. The maximum absolute atomic E-state index is 11.8. The molecule has 3 N–H and O–H groups in total. The van der Waals surface area contributed by atoms with Crippen molar-refractivity contribution in [1.82, 2.24) is 10.6 Å². The highest BCUT2D eigenvalue weighted by molar-refractivity contribution is 5.76. The molecule has 1 aliphatic rings. The third-order valence-corrected chi connectivity index (χ3v) is 4.37. The Morgan fingerprint density at radius 2 is 1.81 bits per heavy atom. The lowest BCUT2D eigenvalue weighted by Crippen LogP contribution is -2.45. The van der Waals surface area contributed by atoms with E-state index < -0.39 is 11.9 Å². The number of carbonyl (C=O) groups is 2. The highest BCUT2D eigenvalue weighted by Crippen LogP contribution is 2.27. The van der Waals surface area contributed by atoms with Crippen molar-refractivity contribution in [3.63, 3.8) is 0 Å². The van der Waals surface area contributed by atoms with Gasteiger partial charge in [-0.3, -0.25) is 4.79 Å². The van der Waals surface area contributed by atoms with E-state index in [2.05, 4.69) is 17.6 Å². The van der Waals surface area contributed by atoms with Crippen LogP contribution in [0.3, 0.4) is 0 Å². The molecule has 1 rings (SSSR count). The first-order chi connectivity index (χ1) is 10.1. The highest BCUT2D eigenvalue weighted by Gasteiger charge is 2.22. The molecule has 5 heteroatoms. The molecule has 0 spiro atoms. The number of amides is 2. The first-order valence-electron chi connectivity index (χ1n) is 8.33. The zero-order valence-corrected chi connectivity index (χ0v) is 13.4. The van der Waals surface area contributed by atoms with Crippen LogP contribution in [0.2, 0.25) is 0 Å². The molecule has 0 saturated heterocycles. The topological polar surface area (TPSA) is 78.4 Å². The van der Waals surface area contributed by atoms with E-state index >= 15 is 0 Å². The summed E-state index contributed by atoms with van der Waals surface area (Å²) in [7, 11) is 0. The number of hydrogen-bond acceptors (Lipinski definition) is 2. The number of carbonyl (C=O) groups excluding carboxylic acids is 1. The smallest absolute Gasteiger partial charge is 0.315 e. The largest absolute Gasteiger partial charge is 0.481 e. The lowest BCUT2D eigenvalue weighted by molar-refractivity contribution is -0.141. The van der Waals surface area contributed by atoms with Gasteiger partial charge in [-0.25, -0.2) is 4.79 Å². The second-order valence-electron chi connectivity index (χ2n) is 6.18. The van der Waals surface area contributed by atoms with E-state index in [0.717, 1.165) is 25.2 Å². The Labute approximate surface area is 127 Å². The van der Waals surface area contributed by atoms with Crippen molar-refractivity contribution < 1.29 is 14.7 Å². The summed E-state index contributed by atoms with van der Waals surface area (Å²) in [5.41, 5.74) is 0. The molecule has 0 heterocycles. The Morgan fingerprint density at radius 3 is 2.33 bits per heavy atom. The molecule has 1 aliphatic carbocycles. The quantitative estimate of drug-likeness (QED) is 0.644. The molecule has 1 unspecified atom stereocenters. The second kappa shape index (κ2) is 9.64. The van der Waals surface area contributed by atoms with Crippen LogP contribution in [0.1, 0.15) is 65.2 Å². The SMILES string of the molecule is CCCC1CCC(NC(=O)NCC(CCC)C(=O)O)CC1. The zero-order chi connectivity index (χ0) is 15.7. The van der Waals surface area contributed by atoms with Gasteiger partial charge in [-0.05, 0) is 38.0 Å². The van der Waals surface area contributed by atoms with Crippen LogP contribution in [0.4, 0.5) is 4.79 Å². The van der Waals surface area contributed by atoms with Gasteiger partial charge in [0.15, 0.2) is 0 Å². The van der Waals surface area contributed by atoms with Gasteiger partial charge in [0, 0.05) is 12.6 Å². The summed E-state index contributed by atoms with van der Waals surface area (Å²) >= 11 is 0. The van der Waals surface area contributed by atoms with E-state index in [4.69, 9.17) is 5.11 Å². The number of urea groups is 1. The normalized spacial score (nSPS) is 23.3. The van der Waals surface area contributed by atoms with E-state index in [-0.39, 0.29) is 18.6 Å². The first kappa shape index (κ1) is 17.8. The second-order valence-corrected chi connectivity index (χ2v) is 6.18. The van der Waals surface area contributed by atoms with Crippen LogP contribution in [0.5, 0.6) is 0 Å². The molecule has 0 aromatic rings. The van der Waals surface area contributed by atoms with Crippen molar-refractivity contribution in [2.24, 2.45) is 11.8 Å². The summed E-state index contributed by atoms with van der Waals surface area (Å²) in [6, 6.07) is 0.0175. The van der Waals surface area contributed by atoms with Crippen LogP contribution in [0, 0.1) is 11.8 Å². The van der Waals surface area contributed by atoms with Gasteiger partial charge in [-0.1, -0.05) is 33.1 Å². The van der Waals surface area contributed by atoms with E-state index in [1.807, 2.05) is 6.92 Å². The molecule has 1 saturated carbocycles. The number of hydrogen-bond donors (Lipinski definition) is 3. The lowest BCUT2D eigenvalue weighted by atomic mass is 9.83. The Bertz CT molecular complexity index is 325. The molecule has 0 aliphatic heterocycles. The number of rotatable bonds is 8. The van der Waals surface area contributed by atoms with Crippen LogP contribution in [0.15, 0.2) is 0 Å². The fraction of sp³-hybridized carbons (Fsp3) is 0.875. The average Bonchev–Trinajstić information content (AvgIpc) is 2.45. The molecule has 0 aromatic heterocycles. The van der Waals surface area contributed by atoms with Crippen molar-refractivity contribution in [3.05, 3.63) is 0 Å². The molecule has 1 atom stereocenters. The Morgan fingerprint density at radius 1 is 1.14 bits per heavy atom. The van der Waals surface area contributed by atoms with Gasteiger partial charge in [-0.2, -0.15) is 0 Å². The fourth-order valence-electron chi connectivity index (χ4n) is 3.12. The van der Waals surface area contributed by atoms with Crippen molar-refractivity contribution in [3.8, 4) is 0 Å². The molecule has 2 amide bonds. The predicted molar refractivity (Wildman–Crippen MR) is 83.2 cm³/mol. The first-order valence-corrected chi connectivity index (χ1v) is 8.33. The maximum Gasteiger partial charge on any atom is 0.315 e. The van der Waals surface area contributed by atoms with Crippen LogP contribution < -0.4 is 10.6 Å². The number of carboxylic acid groups (broad SMARTS) is 1. The van der Waals surface area contributed by atoms with Crippen molar-refractivity contribution in [1.29, 1.82) is 0 Å². The zero-order valence-electron chi connectivity index (χ0n) is 13.4. The van der Waals surface area contributed by atoms with Gasteiger partial charge in [0.1, 0.15) is 0 Å². The van der Waals surface area contributed by atoms with Crippen LogP contribution in [-0.4, -0.2) is 29.7 Å². The van der Waals surface area contributed by atoms with Gasteiger partial charge in [0.25, 0.3) is 0 Å².